The zero-order valence-corrected chi connectivity index (χ0v) is 18.3. The number of carbonyl (C=O) groups is 1. The quantitative estimate of drug-likeness (QED) is 0.448. The van der Waals surface area contributed by atoms with Gasteiger partial charge >= 0.3 is 0 Å². The molecule has 156 valence electrons. The summed E-state index contributed by atoms with van der Waals surface area (Å²) in [4.78, 5) is 19.2. The van der Waals surface area contributed by atoms with E-state index < -0.39 is 0 Å². The van der Waals surface area contributed by atoms with E-state index in [1.165, 1.54) is 32.7 Å². The largest absolute Gasteiger partial charge is 0.493 e. The summed E-state index contributed by atoms with van der Waals surface area (Å²) < 4.78 is 17.8. The number of nitrogens with one attached hydrogen (secondary N) is 1. The number of rotatable bonds is 8. The molecule has 0 aliphatic carbocycles. The van der Waals surface area contributed by atoms with Crippen LogP contribution in [0.4, 0.5) is 0 Å². The number of methoxy groups -OCH3 is 3. The van der Waals surface area contributed by atoms with Crippen LogP contribution in [-0.2, 0) is 6.42 Å². The molecular formula is C20H20N4O4S2. The van der Waals surface area contributed by atoms with Gasteiger partial charge in [-0.15, -0.1) is 27.8 Å². The lowest BCUT2D eigenvalue weighted by Crippen LogP contribution is -2.26. The van der Waals surface area contributed by atoms with Gasteiger partial charge in [0.2, 0.25) is 10.7 Å². The highest BCUT2D eigenvalue weighted by atomic mass is 32.1. The smallest absolute Gasteiger partial charge is 0.255 e. The van der Waals surface area contributed by atoms with Crippen molar-refractivity contribution >= 4 is 33.5 Å². The Labute approximate surface area is 181 Å². The Morgan fingerprint density at radius 3 is 2.63 bits per heavy atom. The summed E-state index contributed by atoms with van der Waals surface area (Å²) in [5.41, 5.74) is 1.37. The zero-order valence-electron chi connectivity index (χ0n) is 16.7. The summed E-state index contributed by atoms with van der Waals surface area (Å²) in [5, 5.41) is 11.5. The number of thiazole rings is 1. The number of benzene rings is 1. The van der Waals surface area contributed by atoms with Crippen LogP contribution in [0.3, 0.4) is 0 Å². The summed E-state index contributed by atoms with van der Waals surface area (Å²) in [7, 11) is 4.53. The van der Waals surface area contributed by atoms with Crippen molar-refractivity contribution in [3.63, 3.8) is 0 Å². The van der Waals surface area contributed by atoms with E-state index >= 15 is 0 Å². The minimum absolute atomic E-state index is 0.253. The maximum absolute atomic E-state index is 12.7. The predicted octanol–water partition coefficient (Wildman–Crippen LogP) is 3.52. The highest BCUT2D eigenvalue weighted by Crippen LogP contribution is 2.39. The number of thiophene rings is 1. The second-order valence-corrected chi connectivity index (χ2v) is 8.01. The van der Waals surface area contributed by atoms with E-state index in [-0.39, 0.29) is 5.91 Å². The van der Waals surface area contributed by atoms with Gasteiger partial charge in [0.05, 0.1) is 37.5 Å². The molecule has 3 aromatic heterocycles. The van der Waals surface area contributed by atoms with Gasteiger partial charge in [-0.3, -0.25) is 4.79 Å². The molecule has 0 saturated carbocycles. The average molecular weight is 445 g/mol. The van der Waals surface area contributed by atoms with Crippen LogP contribution in [0.1, 0.15) is 16.1 Å². The van der Waals surface area contributed by atoms with Gasteiger partial charge in [-0.05, 0) is 23.6 Å². The third kappa shape index (κ3) is 3.71. The van der Waals surface area contributed by atoms with Crippen LogP contribution in [0.2, 0.25) is 0 Å². The van der Waals surface area contributed by atoms with Crippen LogP contribution < -0.4 is 19.5 Å². The van der Waals surface area contributed by atoms with E-state index in [0.29, 0.717) is 35.8 Å². The van der Waals surface area contributed by atoms with E-state index in [1.807, 2.05) is 27.4 Å². The van der Waals surface area contributed by atoms with Gasteiger partial charge in [-0.25, -0.2) is 4.52 Å². The van der Waals surface area contributed by atoms with Crippen LogP contribution in [-0.4, -0.2) is 48.4 Å². The monoisotopic (exact) mass is 444 g/mol. The normalized spacial score (nSPS) is 10.9. The van der Waals surface area contributed by atoms with Gasteiger partial charge in [0.1, 0.15) is 0 Å². The molecule has 0 saturated heterocycles. The molecule has 8 nitrogen and oxygen atoms in total. The Kier molecular flexibility index (Phi) is 5.86. The van der Waals surface area contributed by atoms with Crippen molar-refractivity contribution in [2.24, 2.45) is 0 Å². The maximum atomic E-state index is 12.7. The average Bonchev–Trinajstić information content (AvgIpc) is 3.50. The molecule has 1 amide bonds. The third-order valence-electron chi connectivity index (χ3n) is 4.51. The molecule has 30 heavy (non-hydrogen) atoms. The van der Waals surface area contributed by atoms with E-state index in [4.69, 9.17) is 14.2 Å². The molecule has 0 atom stereocenters. The highest BCUT2D eigenvalue weighted by molar-refractivity contribution is 7.15. The summed E-state index contributed by atoms with van der Waals surface area (Å²) in [6, 6.07) is 7.32. The summed E-state index contributed by atoms with van der Waals surface area (Å²) in [6.07, 6.45) is 0.620. The first kappa shape index (κ1) is 20.2. The number of carbonyl (C=O) groups excluding carboxylic acids is 1. The molecule has 4 rings (SSSR count). The number of aromatic nitrogens is 3. The van der Waals surface area contributed by atoms with Crippen molar-refractivity contribution in [3.8, 4) is 28.0 Å². The lowest BCUT2D eigenvalue weighted by molar-refractivity contribution is 0.0950. The van der Waals surface area contributed by atoms with Gasteiger partial charge in [-0.1, -0.05) is 6.07 Å². The summed E-state index contributed by atoms with van der Waals surface area (Å²) in [5.74, 6) is 1.69. The maximum Gasteiger partial charge on any atom is 0.255 e. The SMILES string of the molecule is COc1ccc(C(=O)NCCc2csc3nc(-c4cccs4)nn23)c(OC)c1OC. The molecule has 0 fully saturated rings. The Morgan fingerprint density at radius 2 is 1.93 bits per heavy atom. The molecule has 1 N–H and O–H groups in total. The van der Waals surface area contributed by atoms with Crippen LogP contribution in [0.25, 0.3) is 15.7 Å². The van der Waals surface area contributed by atoms with Crippen LogP contribution in [0.15, 0.2) is 35.0 Å². The number of nitrogens with zero attached hydrogens (tertiary/aromatic N) is 3. The molecule has 0 unspecified atom stereocenters. The van der Waals surface area contributed by atoms with Crippen molar-refractivity contribution < 1.29 is 19.0 Å². The van der Waals surface area contributed by atoms with Crippen molar-refractivity contribution in [1.82, 2.24) is 19.9 Å². The van der Waals surface area contributed by atoms with Gasteiger partial charge in [-0.2, -0.15) is 4.98 Å². The molecule has 0 bridgehead atoms. The number of hydrogen-bond donors (Lipinski definition) is 1. The van der Waals surface area contributed by atoms with E-state index in [1.54, 1.807) is 23.5 Å². The summed E-state index contributed by atoms with van der Waals surface area (Å²) in [6.45, 7) is 0.441. The van der Waals surface area contributed by atoms with Crippen molar-refractivity contribution in [2.75, 3.05) is 27.9 Å². The number of fused-ring (bicyclic) bond motifs is 1. The van der Waals surface area contributed by atoms with Crippen molar-refractivity contribution in [1.29, 1.82) is 0 Å². The van der Waals surface area contributed by atoms with E-state index in [2.05, 4.69) is 15.4 Å². The first-order valence-electron chi connectivity index (χ1n) is 9.10. The second-order valence-electron chi connectivity index (χ2n) is 6.22. The third-order valence-corrected chi connectivity index (χ3v) is 6.24. The van der Waals surface area contributed by atoms with Crippen LogP contribution >= 0.6 is 22.7 Å². The lowest BCUT2D eigenvalue weighted by Gasteiger charge is -2.15. The van der Waals surface area contributed by atoms with Crippen LogP contribution in [0, 0.1) is 0 Å². The van der Waals surface area contributed by atoms with Crippen LogP contribution in [0.5, 0.6) is 17.2 Å². The zero-order chi connectivity index (χ0) is 21.1. The molecule has 3 heterocycles. The van der Waals surface area contributed by atoms with E-state index in [9.17, 15) is 4.79 Å². The minimum atomic E-state index is -0.253. The number of hydrogen-bond acceptors (Lipinski definition) is 8. The fourth-order valence-corrected chi connectivity index (χ4v) is 4.60. The van der Waals surface area contributed by atoms with Gasteiger partial charge in [0.25, 0.3) is 5.91 Å². The fraction of sp³-hybridized carbons (Fsp3) is 0.250. The number of amides is 1. The Morgan fingerprint density at radius 1 is 1.10 bits per heavy atom. The Bertz CT molecular complexity index is 1170. The first-order chi connectivity index (χ1) is 14.7. The standard InChI is InChI=1S/C20H20N4O4S2/c1-26-14-7-6-13(16(27-2)17(14)28-3)19(25)21-9-8-12-11-30-20-22-18(23-24(12)20)15-5-4-10-29-15/h4-7,10-11H,8-9H2,1-3H3,(H,21,25). The molecule has 1 aromatic carbocycles. The van der Waals surface area contributed by atoms with Gasteiger partial charge in [0, 0.05) is 18.3 Å². The van der Waals surface area contributed by atoms with Crippen molar-refractivity contribution in [2.45, 2.75) is 6.42 Å². The van der Waals surface area contributed by atoms with Crippen molar-refractivity contribution in [3.05, 3.63) is 46.3 Å². The fourth-order valence-electron chi connectivity index (χ4n) is 3.09. The van der Waals surface area contributed by atoms with Gasteiger partial charge in [0.15, 0.2) is 17.3 Å². The highest BCUT2D eigenvalue weighted by Gasteiger charge is 2.20. The predicted molar refractivity (Wildman–Crippen MR) is 116 cm³/mol. The molecule has 0 radical (unpaired) electrons. The second kappa shape index (κ2) is 8.72. The van der Waals surface area contributed by atoms with E-state index in [0.717, 1.165) is 21.4 Å². The van der Waals surface area contributed by atoms with Gasteiger partial charge < -0.3 is 19.5 Å². The topological polar surface area (TPSA) is 87.0 Å². The molecule has 4 aromatic rings. The number of ether oxygens (including phenoxy) is 3. The Balaban J connectivity index is 1.46. The Hall–Kier alpha value is -3.11. The summed E-state index contributed by atoms with van der Waals surface area (Å²) >= 11 is 3.14. The molecule has 0 aliphatic heterocycles. The molecular weight excluding hydrogens is 424 g/mol. The first-order valence-corrected chi connectivity index (χ1v) is 10.9. The lowest BCUT2D eigenvalue weighted by atomic mass is 10.1. The molecule has 10 heteroatoms. The molecule has 0 aliphatic rings. The minimum Gasteiger partial charge on any atom is -0.493 e. The molecule has 0 spiro atoms.